The molecule has 146 valence electrons. The first-order valence-corrected chi connectivity index (χ1v) is 10.6. The Kier molecular flexibility index (Phi) is 5.47. The second-order valence-corrected chi connectivity index (χ2v) is 7.84. The van der Waals surface area contributed by atoms with Crippen molar-refractivity contribution in [1.29, 1.82) is 0 Å². The molecule has 7 nitrogen and oxygen atoms in total. The van der Waals surface area contributed by atoms with Gasteiger partial charge in [-0.3, -0.25) is 14.2 Å². The molecular weight excluding hydrogens is 374 g/mol. The third kappa shape index (κ3) is 3.69. The molecule has 0 saturated heterocycles. The van der Waals surface area contributed by atoms with E-state index in [-0.39, 0.29) is 17.2 Å². The van der Waals surface area contributed by atoms with E-state index < -0.39 is 0 Å². The van der Waals surface area contributed by atoms with Crippen molar-refractivity contribution in [3.63, 3.8) is 0 Å². The van der Waals surface area contributed by atoms with Crippen molar-refractivity contribution < 1.29 is 4.79 Å². The van der Waals surface area contributed by atoms with Crippen molar-refractivity contribution in [2.45, 2.75) is 50.4 Å². The molecule has 0 radical (unpaired) electrons. The molecule has 1 fully saturated rings. The van der Waals surface area contributed by atoms with Gasteiger partial charge < -0.3 is 5.32 Å². The SMILES string of the molecule is CCn1c(SCC(=O)Nc2ccnn2C2CCCC2)nc2ccccc2c1=O. The second-order valence-electron chi connectivity index (χ2n) is 6.90. The van der Waals surface area contributed by atoms with Gasteiger partial charge in [0.05, 0.1) is 28.9 Å². The molecule has 1 amide bonds. The molecule has 28 heavy (non-hydrogen) atoms. The maximum absolute atomic E-state index is 12.7. The van der Waals surface area contributed by atoms with E-state index in [2.05, 4.69) is 15.4 Å². The van der Waals surface area contributed by atoms with Crippen molar-refractivity contribution in [2.24, 2.45) is 0 Å². The highest BCUT2D eigenvalue weighted by Crippen LogP contribution is 2.31. The van der Waals surface area contributed by atoms with Gasteiger partial charge >= 0.3 is 0 Å². The van der Waals surface area contributed by atoms with E-state index in [1.165, 1.54) is 24.6 Å². The van der Waals surface area contributed by atoms with E-state index in [1.807, 2.05) is 35.9 Å². The van der Waals surface area contributed by atoms with Gasteiger partial charge in [-0.2, -0.15) is 5.10 Å². The fourth-order valence-corrected chi connectivity index (χ4v) is 4.56. The number of benzene rings is 1. The van der Waals surface area contributed by atoms with Crippen LogP contribution in [-0.4, -0.2) is 31.0 Å². The molecule has 0 aliphatic heterocycles. The van der Waals surface area contributed by atoms with Crippen molar-refractivity contribution in [3.05, 3.63) is 46.9 Å². The topological polar surface area (TPSA) is 81.8 Å². The third-order valence-corrected chi connectivity index (χ3v) is 6.06. The zero-order valence-corrected chi connectivity index (χ0v) is 16.6. The summed E-state index contributed by atoms with van der Waals surface area (Å²) in [5.74, 6) is 0.785. The number of carbonyl (C=O) groups is 1. The maximum atomic E-state index is 12.7. The van der Waals surface area contributed by atoms with Crippen LogP contribution in [0.1, 0.15) is 38.6 Å². The molecule has 1 N–H and O–H groups in total. The van der Waals surface area contributed by atoms with Gasteiger partial charge in [-0.25, -0.2) is 9.67 Å². The molecule has 0 bridgehead atoms. The first-order chi connectivity index (χ1) is 13.7. The molecule has 1 aliphatic rings. The Morgan fingerprint density at radius 2 is 2.04 bits per heavy atom. The predicted molar refractivity (Wildman–Crippen MR) is 111 cm³/mol. The highest BCUT2D eigenvalue weighted by atomic mass is 32.2. The van der Waals surface area contributed by atoms with E-state index in [9.17, 15) is 9.59 Å². The number of hydrogen-bond acceptors (Lipinski definition) is 5. The molecule has 0 unspecified atom stereocenters. The standard InChI is InChI=1S/C20H23N5O2S/c1-2-24-19(27)15-9-5-6-10-16(15)22-20(24)28-13-18(26)23-17-11-12-21-25(17)14-7-3-4-8-14/h5-6,9-12,14H,2-4,7-8,13H2,1H3,(H,23,26). The summed E-state index contributed by atoms with van der Waals surface area (Å²) in [6, 6.07) is 9.49. The zero-order valence-electron chi connectivity index (χ0n) is 15.8. The summed E-state index contributed by atoms with van der Waals surface area (Å²) in [7, 11) is 0. The van der Waals surface area contributed by atoms with Crippen LogP contribution in [-0.2, 0) is 11.3 Å². The van der Waals surface area contributed by atoms with E-state index in [4.69, 9.17) is 0 Å². The molecule has 3 aromatic rings. The summed E-state index contributed by atoms with van der Waals surface area (Å²) in [5, 5.41) is 8.49. The summed E-state index contributed by atoms with van der Waals surface area (Å²) >= 11 is 1.28. The van der Waals surface area contributed by atoms with Gasteiger partial charge in [-0.15, -0.1) is 0 Å². The van der Waals surface area contributed by atoms with Crippen LogP contribution in [0.5, 0.6) is 0 Å². The first-order valence-electron chi connectivity index (χ1n) is 9.63. The fourth-order valence-electron chi connectivity index (χ4n) is 3.70. The number of rotatable bonds is 6. The number of nitrogens with zero attached hydrogens (tertiary/aromatic N) is 4. The Balaban J connectivity index is 1.48. The number of thioether (sulfide) groups is 1. The van der Waals surface area contributed by atoms with Crippen LogP contribution in [0.25, 0.3) is 10.9 Å². The summed E-state index contributed by atoms with van der Waals surface area (Å²) in [6.45, 7) is 2.41. The van der Waals surface area contributed by atoms with Gasteiger partial charge in [0.15, 0.2) is 5.16 Å². The zero-order chi connectivity index (χ0) is 19.5. The summed E-state index contributed by atoms with van der Waals surface area (Å²) in [4.78, 5) is 29.8. The van der Waals surface area contributed by atoms with Gasteiger partial charge in [0.1, 0.15) is 5.82 Å². The molecular formula is C20H23N5O2S. The minimum absolute atomic E-state index is 0.0738. The maximum Gasteiger partial charge on any atom is 0.262 e. The van der Waals surface area contributed by atoms with Crippen LogP contribution in [0.4, 0.5) is 5.82 Å². The van der Waals surface area contributed by atoms with Crippen molar-refractivity contribution in [3.8, 4) is 0 Å². The lowest BCUT2D eigenvalue weighted by atomic mass is 10.2. The van der Waals surface area contributed by atoms with Crippen LogP contribution in [0, 0.1) is 0 Å². The van der Waals surface area contributed by atoms with Gasteiger partial charge in [0, 0.05) is 12.6 Å². The minimum atomic E-state index is -0.130. The normalized spacial score (nSPS) is 14.6. The number of para-hydroxylation sites is 1. The van der Waals surface area contributed by atoms with Gasteiger partial charge in [-0.1, -0.05) is 36.7 Å². The van der Waals surface area contributed by atoms with Crippen LogP contribution >= 0.6 is 11.8 Å². The molecule has 2 aromatic heterocycles. The number of nitrogens with one attached hydrogen (secondary N) is 1. The van der Waals surface area contributed by atoms with Crippen LogP contribution in [0.15, 0.2) is 46.5 Å². The summed E-state index contributed by atoms with van der Waals surface area (Å²) < 4.78 is 3.54. The number of amides is 1. The number of anilines is 1. The Morgan fingerprint density at radius 3 is 2.82 bits per heavy atom. The summed E-state index contributed by atoms with van der Waals surface area (Å²) in [6.07, 6.45) is 6.33. The average Bonchev–Trinajstić information content (AvgIpc) is 3.38. The Hall–Kier alpha value is -2.61. The second kappa shape index (κ2) is 8.18. The van der Waals surface area contributed by atoms with Crippen LogP contribution in [0.2, 0.25) is 0 Å². The Labute approximate surface area is 167 Å². The Bertz CT molecular complexity index is 1050. The lowest BCUT2D eigenvalue weighted by molar-refractivity contribution is -0.113. The number of fused-ring (bicyclic) bond motifs is 1. The third-order valence-electron chi connectivity index (χ3n) is 5.08. The lowest BCUT2D eigenvalue weighted by Gasteiger charge is -2.15. The van der Waals surface area contributed by atoms with Crippen molar-refractivity contribution in [1.82, 2.24) is 19.3 Å². The fraction of sp³-hybridized carbons (Fsp3) is 0.400. The monoisotopic (exact) mass is 397 g/mol. The molecule has 1 aliphatic carbocycles. The highest BCUT2D eigenvalue weighted by molar-refractivity contribution is 7.99. The summed E-state index contributed by atoms with van der Waals surface area (Å²) in [5.41, 5.74) is 0.578. The first kappa shape index (κ1) is 18.7. The molecule has 8 heteroatoms. The van der Waals surface area contributed by atoms with E-state index in [1.54, 1.807) is 16.8 Å². The highest BCUT2D eigenvalue weighted by Gasteiger charge is 2.20. The number of aromatic nitrogens is 4. The van der Waals surface area contributed by atoms with Crippen LogP contribution in [0.3, 0.4) is 0 Å². The van der Waals surface area contributed by atoms with E-state index >= 15 is 0 Å². The van der Waals surface area contributed by atoms with Gasteiger partial charge in [0.25, 0.3) is 5.56 Å². The lowest BCUT2D eigenvalue weighted by Crippen LogP contribution is -2.24. The average molecular weight is 398 g/mol. The largest absolute Gasteiger partial charge is 0.310 e. The molecule has 2 heterocycles. The van der Waals surface area contributed by atoms with E-state index in [0.717, 1.165) is 18.7 Å². The Morgan fingerprint density at radius 1 is 1.25 bits per heavy atom. The van der Waals surface area contributed by atoms with Gasteiger partial charge in [-0.05, 0) is 31.9 Å². The van der Waals surface area contributed by atoms with Crippen molar-refractivity contribution in [2.75, 3.05) is 11.1 Å². The van der Waals surface area contributed by atoms with Crippen LogP contribution < -0.4 is 10.9 Å². The van der Waals surface area contributed by atoms with Crippen molar-refractivity contribution >= 4 is 34.4 Å². The molecule has 1 aromatic carbocycles. The van der Waals surface area contributed by atoms with Gasteiger partial charge in [0.2, 0.25) is 5.91 Å². The number of carbonyl (C=O) groups excluding carboxylic acids is 1. The molecule has 1 saturated carbocycles. The van der Waals surface area contributed by atoms with E-state index in [0.29, 0.717) is 28.6 Å². The molecule has 0 spiro atoms. The smallest absolute Gasteiger partial charge is 0.262 e. The quantitative estimate of drug-likeness (QED) is 0.509. The predicted octanol–water partition coefficient (Wildman–Crippen LogP) is 3.46. The minimum Gasteiger partial charge on any atom is -0.310 e. The molecule has 4 rings (SSSR count). The molecule has 0 atom stereocenters. The number of hydrogen-bond donors (Lipinski definition) is 1.